The van der Waals surface area contributed by atoms with Crippen LogP contribution in [0.2, 0.25) is 0 Å². The van der Waals surface area contributed by atoms with Gasteiger partial charge in [0.15, 0.2) is 5.82 Å². The van der Waals surface area contributed by atoms with Crippen molar-refractivity contribution in [3.05, 3.63) is 17.7 Å². The number of hydrogen-bond acceptors (Lipinski definition) is 2. The van der Waals surface area contributed by atoms with Gasteiger partial charge in [0.2, 0.25) is 0 Å². The zero-order valence-electron chi connectivity index (χ0n) is 11.2. The molecule has 1 fully saturated rings. The molecule has 0 N–H and O–H groups in total. The van der Waals surface area contributed by atoms with E-state index < -0.39 is 0 Å². The number of nitrogens with zero attached hydrogens (tertiary/aromatic N) is 3. The Balaban J connectivity index is 2.14. The summed E-state index contributed by atoms with van der Waals surface area (Å²) >= 11 is 0. The van der Waals surface area contributed by atoms with Gasteiger partial charge >= 0.3 is 0 Å². The molecule has 0 bridgehead atoms. The summed E-state index contributed by atoms with van der Waals surface area (Å²) in [5.74, 6) is -0.159. The van der Waals surface area contributed by atoms with Gasteiger partial charge in [-0.15, -0.1) is 0 Å². The summed E-state index contributed by atoms with van der Waals surface area (Å²) in [6.07, 6.45) is 3.44. The van der Waals surface area contributed by atoms with Crippen LogP contribution in [0, 0.1) is 5.82 Å². The normalized spacial score (nSPS) is 21.1. The minimum Gasteiger partial charge on any atom is -0.301 e. The Morgan fingerprint density at radius 3 is 2.35 bits per heavy atom. The van der Waals surface area contributed by atoms with Crippen molar-refractivity contribution in [1.29, 1.82) is 0 Å². The highest BCUT2D eigenvalue weighted by atomic mass is 19.1. The highest BCUT2D eigenvalue weighted by Crippen LogP contribution is 2.35. The van der Waals surface area contributed by atoms with E-state index in [4.69, 9.17) is 0 Å². The summed E-state index contributed by atoms with van der Waals surface area (Å²) in [7, 11) is 1.78. The fraction of sp³-hybridized carbons (Fsp3) is 0.769. The minimum absolute atomic E-state index is 0.100. The smallest absolute Gasteiger partial charge is 0.164 e. The van der Waals surface area contributed by atoms with Gasteiger partial charge in [-0.3, -0.25) is 4.68 Å². The van der Waals surface area contributed by atoms with E-state index in [0.717, 1.165) is 25.9 Å². The largest absolute Gasteiger partial charge is 0.301 e. The van der Waals surface area contributed by atoms with Crippen molar-refractivity contribution < 1.29 is 4.39 Å². The topological polar surface area (TPSA) is 21.1 Å². The maximum atomic E-state index is 13.8. The van der Waals surface area contributed by atoms with Gasteiger partial charge in [0.1, 0.15) is 5.69 Å². The quantitative estimate of drug-likeness (QED) is 0.789. The van der Waals surface area contributed by atoms with Gasteiger partial charge in [0, 0.05) is 18.5 Å². The standard InChI is InChI=1S/C13H22FN3/c1-10(2)17-7-5-13(3,6-8-17)12-11(14)9-16(4)15-12/h9-10H,5-8H2,1-4H3. The van der Waals surface area contributed by atoms with Crippen LogP contribution in [0.5, 0.6) is 0 Å². The number of hydrogen-bond donors (Lipinski definition) is 0. The Hall–Kier alpha value is -0.900. The van der Waals surface area contributed by atoms with Crippen molar-refractivity contribution in [3.63, 3.8) is 0 Å². The number of likely N-dealkylation sites (tertiary alicyclic amines) is 1. The van der Waals surface area contributed by atoms with E-state index in [1.165, 1.54) is 6.20 Å². The van der Waals surface area contributed by atoms with Crippen LogP contribution in [-0.2, 0) is 12.5 Å². The second-order valence-corrected chi connectivity index (χ2v) is 5.69. The molecule has 2 heterocycles. The Kier molecular flexibility index (Phi) is 3.25. The molecular formula is C13H22FN3. The summed E-state index contributed by atoms with van der Waals surface area (Å²) in [5, 5.41) is 4.30. The molecule has 1 aromatic heterocycles. The Morgan fingerprint density at radius 1 is 1.35 bits per heavy atom. The van der Waals surface area contributed by atoms with Gasteiger partial charge in [-0.25, -0.2) is 4.39 Å². The lowest BCUT2D eigenvalue weighted by Gasteiger charge is -2.40. The maximum Gasteiger partial charge on any atom is 0.164 e. The van der Waals surface area contributed by atoms with Crippen LogP contribution in [0.4, 0.5) is 4.39 Å². The zero-order valence-corrected chi connectivity index (χ0v) is 11.2. The summed E-state index contributed by atoms with van der Waals surface area (Å²) < 4.78 is 15.4. The molecule has 0 unspecified atom stereocenters. The van der Waals surface area contributed by atoms with Crippen molar-refractivity contribution in [2.75, 3.05) is 13.1 Å². The van der Waals surface area contributed by atoms with Crippen molar-refractivity contribution in [1.82, 2.24) is 14.7 Å². The molecule has 1 aliphatic rings. The van der Waals surface area contributed by atoms with Crippen LogP contribution >= 0.6 is 0 Å². The first-order valence-electron chi connectivity index (χ1n) is 6.36. The third kappa shape index (κ3) is 2.37. The van der Waals surface area contributed by atoms with Gasteiger partial charge in [0.25, 0.3) is 0 Å². The SMILES string of the molecule is CC(C)N1CCC(C)(c2nn(C)cc2F)CC1. The van der Waals surface area contributed by atoms with Crippen LogP contribution in [0.15, 0.2) is 6.20 Å². The molecular weight excluding hydrogens is 217 g/mol. The second kappa shape index (κ2) is 4.41. The predicted molar refractivity (Wildman–Crippen MR) is 66.5 cm³/mol. The molecule has 0 spiro atoms. The van der Waals surface area contributed by atoms with Crippen molar-refractivity contribution in [2.45, 2.75) is 45.1 Å². The average molecular weight is 239 g/mol. The molecule has 0 aromatic carbocycles. The first-order valence-corrected chi connectivity index (χ1v) is 6.36. The van der Waals surface area contributed by atoms with Crippen molar-refractivity contribution in [3.8, 4) is 0 Å². The van der Waals surface area contributed by atoms with E-state index in [-0.39, 0.29) is 11.2 Å². The Bertz CT molecular complexity index is 389. The average Bonchev–Trinajstić information content (AvgIpc) is 2.59. The summed E-state index contributed by atoms with van der Waals surface area (Å²) in [6, 6.07) is 0.577. The molecule has 4 heteroatoms. The van der Waals surface area contributed by atoms with E-state index in [1.54, 1.807) is 11.7 Å². The summed E-state index contributed by atoms with van der Waals surface area (Å²) in [4.78, 5) is 2.45. The fourth-order valence-electron chi connectivity index (χ4n) is 2.64. The van der Waals surface area contributed by atoms with E-state index in [9.17, 15) is 4.39 Å². The van der Waals surface area contributed by atoms with Gasteiger partial charge in [0.05, 0.1) is 6.20 Å². The fourth-order valence-corrected chi connectivity index (χ4v) is 2.64. The van der Waals surface area contributed by atoms with Crippen molar-refractivity contribution >= 4 is 0 Å². The van der Waals surface area contributed by atoms with Crippen LogP contribution in [-0.4, -0.2) is 33.8 Å². The number of halogens is 1. The van der Waals surface area contributed by atoms with Gasteiger partial charge in [-0.1, -0.05) is 6.92 Å². The van der Waals surface area contributed by atoms with E-state index in [0.29, 0.717) is 11.7 Å². The first-order chi connectivity index (χ1) is 7.92. The number of rotatable bonds is 2. The molecule has 1 aliphatic heterocycles. The summed E-state index contributed by atoms with van der Waals surface area (Å²) in [6.45, 7) is 8.62. The van der Waals surface area contributed by atoms with Crippen LogP contribution in [0.1, 0.15) is 39.3 Å². The van der Waals surface area contributed by atoms with Crippen molar-refractivity contribution in [2.24, 2.45) is 7.05 Å². The third-order valence-electron chi connectivity index (χ3n) is 3.99. The Morgan fingerprint density at radius 2 is 1.94 bits per heavy atom. The lowest BCUT2D eigenvalue weighted by atomic mass is 9.77. The molecule has 0 amide bonds. The van der Waals surface area contributed by atoms with Crippen LogP contribution in [0.3, 0.4) is 0 Å². The molecule has 0 aliphatic carbocycles. The molecule has 17 heavy (non-hydrogen) atoms. The van der Waals surface area contributed by atoms with Gasteiger partial charge in [-0.05, 0) is 39.8 Å². The molecule has 1 aromatic rings. The first kappa shape index (κ1) is 12.6. The molecule has 0 atom stereocenters. The Labute approximate surface area is 103 Å². The van der Waals surface area contributed by atoms with E-state index >= 15 is 0 Å². The molecule has 2 rings (SSSR count). The third-order valence-corrected chi connectivity index (χ3v) is 3.99. The highest BCUT2D eigenvalue weighted by molar-refractivity contribution is 5.17. The lowest BCUT2D eigenvalue weighted by molar-refractivity contribution is 0.133. The second-order valence-electron chi connectivity index (χ2n) is 5.69. The number of aryl methyl sites for hydroxylation is 1. The number of aromatic nitrogens is 2. The summed E-state index contributed by atoms with van der Waals surface area (Å²) in [5.41, 5.74) is 0.542. The monoisotopic (exact) mass is 239 g/mol. The number of piperidine rings is 1. The van der Waals surface area contributed by atoms with Crippen LogP contribution < -0.4 is 0 Å². The lowest BCUT2D eigenvalue weighted by Crippen LogP contribution is -2.44. The highest BCUT2D eigenvalue weighted by Gasteiger charge is 2.36. The molecule has 1 saturated heterocycles. The molecule has 3 nitrogen and oxygen atoms in total. The molecule has 96 valence electrons. The van der Waals surface area contributed by atoms with Gasteiger partial charge in [-0.2, -0.15) is 5.10 Å². The predicted octanol–water partition coefficient (Wildman–Crippen LogP) is 2.32. The van der Waals surface area contributed by atoms with E-state index in [1.807, 2.05) is 0 Å². The maximum absolute atomic E-state index is 13.8. The zero-order chi connectivity index (χ0) is 12.6. The van der Waals surface area contributed by atoms with Crippen LogP contribution in [0.25, 0.3) is 0 Å². The van der Waals surface area contributed by atoms with E-state index in [2.05, 4.69) is 30.8 Å². The molecule has 0 radical (unpaired) electrons. The van der Waals surface area contributed by atoms with Gasteiger partial charge < -0.3 is 4.90 Å². The minimum atomic E-state index is -0.159. The molecule has 0 saturated carbocycles.